The molecule has 0 fully saturated rings. The van der Waals surface area contributed by atoms with Gasteiger partial charge in [-0.1, -0.05) is 17.7 Å². The van der Waals surface area contributed by atoms with Gasteiger partial charge < -0.3 is 0 Å². The van der Waals surface area contributed by atoms with E-state index in [1.54, 1.807) is 0 Å². The van der Waals surface area contributed by atoms with Crippen LogP contribution in [0.5, 0.6) is 0 Å². The van der Waals surface area contributed by atoms with Crippen LogP contribution in [0.3, 0.4) is 0 Å². The Kier molecular flexibility index (Phi) is 4.14. The summed E-state index contributed by atoms with van der Waals surface area (Å²) in [5.74, 6) is -0.905. The predicted molar refractivity (Wildman–Crippen MR) is 79.4 cm³/mol. The molecule has 2 aromatic rings. The zero-order valence-corrected chi connectivity index (χ0v) is 12.8. The second-order valence-electron chi connectivity index (χ2n) is 5.30. The molecule has 0 aliphatic heterocycles. The zero-order valence-electron chi connectivity index (χ0n) is 12.0. The van der Waals surface area contributed by atoms with Crippen molar-refractivity contribution >= 4 is 11.6 Å². The Labute approximate surface area is 123 Å². The molecule has 0 aliphatic rings. The maximum absolute atomic E-state index is 14.1. The molecule has 0 saturated heterocycles. The van der Waals surface area contributed by atoms with Crippen LogP contribution in [-0.4, -0.2) is 0 Å². The number of rotatable bonds is 2. The molecule has 0 bridgehead atoms. The largest absolute Gasteiger partial charge is 0.207 e. The van der Waals surface area contributed by atoms with Gasteiger partial charge in [-0.15, -0.1) is 11.6 Å². The van der Waals surface area contributed by atoms with Crippen LogP contribution in [0.25, 0.3) is 0 Å². The lowest BCUT2D eigenvalue weighted by molar-refractivity contribution is 0.580. The summed E-state index contributed by atoms with van der Waals surface area (Å²) in [5, 5.41) is -0.689. The summed E-state index contributed by atoms with van der Waals surface area (Å²) < 4.78 is 27.7. The molecule has 20 heavy (non-hydrogen) atoms. The Hall–Kier alpha value is -1.41. The second-order valence-corrected chi connectivity index (χ2v) is 5.73. The molecule has 3 heteroatoms. The van der Waals surface area contributed by atoms with E-state index < -0.39 is 17.0 Å². The number of hydrogen-bond donors (Lipinski definition) is 0. The smallest absolute Gasteiger partial charge is 0.128 e. The number of benzene rings is 2. The topological polar surface area (TPSA) is 0 Å². The average molecular weight is 295 g/mol. The summed E-state index contributed by atoms with van der Waals surface area (Å²) in [4.78, 5) is 0. The number of aryl methyl sites for hydroxylation is 4. The third-order valence-corrected chi connectivity index (χ3v) is 4.00. The van der Waals surface area contributed by atoms with Crippen LogP contribution in [0, 0.1) is 39.3 Å². The van der Waals surface area contributed by atoms with Crippen LogP contribution in [-0.2, 0) is 0 Å². The second kappa shape index (κ2) is 5.53. The number of alkyl halides is 1. The third kappa shape index (κ3) is 2.71. The molecule has 0 N–H and O–H groups in total. The summed E-state index contributed by atoms with van der Waals surface area (Å²) >= 11 is 6.42. The summed E-state index contributed by atoms with van der Waals surface area (Å²) in [6.45, 7) is 7.41. The van der Waals surface area contributed by atoms with Crippen molar-refractivity contribution in [3.63, 3.8) is 0 Å². The van der Waals surface area contributed by atoms with Gasteiger partial charge in [0.1, 0.15) is 11.6 Å². The van der Waals surface area contributed by atoms with Gasteiger partial charge in [0.25, 0.3) is 0 Å². The van der Waals surface area contributed by atoms with Crippen molar-refractivity contribution in [2.75, 3.05) is 0 Å². The molecule has 2 aromatic carbocycles. The highest BCUT2D eigenvalue weighted by Gasteiger charge is 2.20. The highest BCUT2D eigenvalue weighted by Crippen LogP contribution is 2.36. The van der Waals surface area contributed by atoms with E-state index in [-0.39, 0.29) is 11.1 Å². The van der Waals surface area contributed by atoms with Crippen LogP contribution in [0.2, 0.25) is 0 Å². The van der Waals surface area contributed by atoms with Gasteiger partial charge >= 0.3 is 0 Å². The first-order chi connectivity index (χ1) is 9.31. The number of halogens is 3. The van der Waals surface area contributed by atoms with E-state index in [1.165, 1.54) is 19.1 Å². The minimum Gasteiger partial charge on any atom is -0.207 e. The molecule has 2 rings (SSSR count). The van der Waals surface area contributed by atoms with Crippen LogP contribution in [0.4, 0.5) is 8.78 Å². The Morgan fingerprint density at radius 1 is 0.800 bits per heavy atom. The zero-order chi connectivity index (χ0) is 15.0. The summed E-state index contributed by atoms with van der Waals surface area (Å²) in [6, 6.07) is 6.39. The molecule has 0 nitrogen and oxygen atoms in total. The van der Waals surface area contributed by atoms with Gasteiger partial charge in [0, 0.05) is 5.56 Å². The fraction of sp³-hybridized carbons (Fsp3) is 0.294. The summed E-state index contributed by atoms with van der Waals surface area (Å²) in [6.07, 6.45) is 0. The molecule has 0 amide bonds. The molecule has 1 unspecified atom stereocenters. The van der Waals surface area contributed by atoms with Crippen LogP contribution >= 0.6 is 11.6 Å². The van der Waals surface area contributed by atoms with Crippen molar-refractivity contribution in [1.82, 2.24) is 0 Å². The molecule has 0 aliphatic carbocycles. The first-order valence-corrected chi connectivity index (χ1v) is 6.92. The lowest BCUT2D eigenvalue weighted by Gasteiger charge is -2.18. The molecule has 0 aromatic heterocycles. The van der Waals surface area contributed by atoms with Crippen LogP contribution < -0.4 is 0 Å². The normalized spacial score (nSPS) is 12.6. The van der Waals surface area contributed by atoms with Crippen LogP contribution in [0.1, 0.15) is 38.8 Å². The lowest BCUT2D eigenvalue weighted by atomic mass is 9.93. The highest BCUT2D eigenvalue weighted by molar-refractivity contribution is 6.22. The predicted octanol–water partition coefficient (Wildman–Crippen LogP) is 5.53. The maximum Gasteiger partial charge on any atom is 0.128 e. The van der Waals surface area contributed by atoms with Crippen molar-refractivity contribution in [3.8, 4) is 0 Å². The van der Waals surface area contributed by atoms with Gasteiger partial charge in [0.15, 0.2) is 0 Å². The van der Waals surface area contributed by atoms with E-state index in [9.17, 15) is 8.78 Å². The van der Waals surface area contributed by atoms with Gasteiger partial charge in [-0.25, -0.2) is 8.78 Å². The molecule has 0 radical (unpaired) electrons. The van der Waals surface area contributed by atoms with Gasteiger partial charge in [0.2, 0.25) is 0 Å². The van der Waals surface area contributed by atoms with Gasteiger partial charge in [-0.3, -0.25) is 0 Å². The fourth-order valence-corrected chi connectivity index (χ4v) is 3.11. The minimum atomic E-state index is -0.689. The van der Waals surface area contributed by atoms with E-state index >= 15 is 0 Å². The Bertz CT molecular complexity index is 639. The average Bonchev–Trinajstić information content (AvgIpc) is 2.32. The molecule has 0 heterocycles. The summed E-state index contributed by atoms with van der Waals surface area (Å²) in [5.41, 5.74) is 4.42. The standard InChI is InChI=1S/C17H17ClF2/c1-9-5-11(3)16(12(4)6-9)17(18)13-8-14(19)10(2)7-15(13)20/h5-8,17H,1-4H3. The van der Waals surface area contributed by atoms with Gasteiger partial charge in [0.05, 0.1) is 5.38 Å². The van der Waals surface area contributed by atoms with Crippen molar-refractivity contribution in [2.24, 2.45) is 0 Å². The highest BCUT2D eigenvalue weighted by atomic mass is 35.5. The number of hydrogen-bond acceptors (Lipinski definition) is 0. The first-order valence-electron chi connectivity index (χ1n) is 6.48. The monoisotopic (exact) mass is 294 g/mol. The molecule has 0 saturated carbocycles. The van der Waals surface area contributed by atoms with E-state index in [0.717, 1.165) is 22.3 Å². The van der Waals surface area contributed by atoms with E-state index in [0.29, 0.717) is 0 Å². The molecule has 1 atom stereocenters. The fourth-order valence-electron chi connectivity index (χ4n) is 2.60. The molecular formula is C17H17ClF2. The third-order valence-electron chi connectivity index (χ3n) is 3.54. The van der Waals surface area contributed by atoms with Crippen molar-refractivity contribution < 1.29 is 8.78 Å². The maximum atomic E-state index is 14.1. The van der Waals surface area contributed by atoms with E-state index in [4.69, 9.17) is 11.6 Å². The van der Waals surface area contributed by atoms with Crippen LogP contribution in [0.15, 0.2) is 24.3 Å². The Balaban J connectivity index is 2.57. The first kappa shape index (κ1) is 15.0. The van der Waals surface area contributed by atoms with Crippen molar-refractivity contribution in [2.45, 2.75) is 33.1 Å². The van der Waals surface area contributed by atoms with Crippen molar-refractivity contribution in [1.29, 1.82) is 0 Å². The molecule has 106 valence electrons. The Morgan fingerprint density at radius 3 is 1.90 bits per heavy atom. The summed E-state index contributed by atoms with van der Waals surface area (Å²) in [7, 11) is 0. The molecular weight excluding hydrogens is 278 g/mol. The quantitative estimate of drug-likeness (QED) is 0.639. The minimum absolute atomic E-state index is 0.185. The van der Waals surface area contributed by atoms with Crippen molar-refractivity contribution in [3.05, 3.63) is 69.3 Å². The SMILES string of the molecule is Cc1cc(C)c(C(Cl)c2cc(F)c(C)cc2F)c(C)c1. The lowest BCUT2D eigenvalue weighted by Crippen LogP contribution is -2.04. The van der Waals surface area contributed by atoms with Gasteiger partial charge in [-0.05, 0) is 62.1 Å². The Morgan fingerprint density at radius 2 is 1.35 bits per heavy atom. The van der Waals surface area contributed by atoms with E-state index in [1.807, 2.05) is 32.9 Å². The van der Waals surface area contributed by atoms with Gasteiger partial charge in [-0.2, -0.15) is 0 Å². The molecule has 0 spiro atoms. The van der Waals surface area contributed by atoms with E-state index in [2.05, 4.69) is 0 Å².